The van der Waals surface area contributed by atoms with Crippen molar-refractivity contribution in [3.63, 3.8) is 0 Å². The van der Waals surface area contributed by atoms with Gasteiger partial charge in [0.15, 0.2) is 5.82 Å². The first-order chi connectivity index (χ1) is 8.50. The first kappa shape index (κ1) is 12.9. The third-order valence-electron chi connectivity index (χ3n) is 2.95. The molecule has 0 spiro atoms. The van der Waals surface area contributed by atoms with Crippen LogP contribution in [0.3, 0.4) is 0 Å². The van der Waals surface area contributed by atoms with Crippen LogP contribution in [0.15, 0.2) is 12.3 Å². The van der Waals surface area contributed by atoms with Crippen LogP contribution in [0, 0.1) is 11.8 Å². The number of pyridine rings is 1. The summed E-state index contributed by atoms with van der Waals surface area (Å²) in [4.78, 5) is 16.8. The summed E-state index contributed by atoms with van der Waals surface area (Å²) in [5.74, 6) is -2.99. The Morgan fingerprint density at radius 1 is 1.50 bits per heavy atom. The van der Waals surface area contributed by atoms with E-state index in [0.29, 0.717) is 13.2 Å². The van der Waals surface area contributed by atoms with E-state index in [2.05, 4.69) is 4.98 Å². The maximum atomic E-state index is 13.5. The highest BCUT2D eigenvalue weighted by Crippen LogP contribution is 2.17. The minimum absolute atomic E-state index is 0.111. The average molecular weight is 256 g/mol. The van der Waals surface area contributed by atoms with Crippen molar-refractivity contribution in [1.82, 2.24) is 9.88 Å². The SMILES string of the molecule is CC1CN(C(=O)c2ccnc(F)c2F)C(C)CO1. The van der Waals surface area contributed by atoms with Gasteiger partial charge < -0.3 is 9.64 Å². The lowest BCUT2D eigenvalue weighted by Gasteiger charge is -2.36. The standard InChI is InChI=1S/C12H14F2N2O2/c1-7-6-18-8(2)5-16(7)12(17)9-3-4-15-11(14)10(9)13/h3-4,7-8H,5-6H2,1-2H3. The Hall–Kier alpha value is -1.56. The van der Waals surface area contributed by atoms with Crippen LogP contribution in [0.4, 0.5) is 8.78 Å². The highest BCUT2D eigenvalue weighted by molar-refractivity contribution is 5.94. The van der Waals surface area contributed by atoms with E-state index in [0.717, 1.165) is 6.20 Å². The van der Waals surface area contributed by atoms with Crippen molar-refractivity contribution in [2.24, 2.45) is 0 Å². The first-order valence-electron chi connectivity index (χ1n) is 5.73. The van der Waals surface area contributed by atoms with E-state index in [1.165, 1.54) is 11.0 Å². The molecule has 18 heavy (non-hydrogen) atoms. The molecule has 2 unspecified atom stereocenters. The molecule has 4 nitrogen and oxygen atoms in total. The topological polar surface area (TPSA) is 42.4 Å². The average Bonchev–Trinajstić information content (AvgIpc) is 2.35. The van der Waals surface area contributed by atoms with Gasteiger partial charge in [0.25, 0.3) is 5.91 Å². The molecule has 1 saturated heterocycles. The van der Waals surface area contributed by atoms with Crippen LogP contribution in [-0.2, 0) is 4.74 Å². The smallest absolute Gasteiger partial charge is 0.257 e. The molecule has 0 N–H and O–H groups in total. The van der Waals surface area contributed by atoms with Crippen LogP contribution in [0.1, 0.15) is 24.2 Å². The van der Waals surface area contributed by atoms with Crippen molar-refractivity contribution in [3.05, 3.63) is 29.6 Å². The third kappa shape index (κ3) is 2.33. The summed E-state index contributed by atoms with van der Waals surface area (Å²) in [7, 11) is 0. The number of ether oxygens (including phenoxy) is 1. The summed E-state index contributed by atoms with van der Waals surface area (Å²) in [6.07, 6.45) is 0.972. The van der Waals surface area contributed by atoms with E-state index in [9.17, 15) is 13.6 Å². The van der Waals surface area contributed by atoms with Gasteiger partial charge in [-0.2, -0.15) is 4.39 Å². The van der Waals surface area contributed by atoms with Crippen LogP contribution in [0.5, 0.6) is 0 Å². The molecule has 0 aromatic carbocycles. The zero-order valence-corrected chi connectivity index (χ0v) is 10.2. The molecule has 98 valence electrons. The first-order valence-corrected chi connectivity index (χ1v) is 5.73. The van der Waals surface area contributed by atoms with Crippen molar-refractivity contribution in [1.29, 1.82) is 0 Å². The van der Waals surface area contributed by atoms with Crippen LogP contribution in [-0.4, -0.2) is 41.1 Å². The second kappa shape index (κ2) is 4.97. The van der Waals surface area contributed by atoms with Crippen molar-refractivity contribution in [2.45, 2.75) is 26.0 Å². The monoisotopic (exact) mass is 256 g/mol. The minimum atomic E-state index is -1.25. The molecule has 1 aliphatic heterocycles. The Morgan fingerprint density at radius 3 is 2.94 bits per heavy atom. The number of carbonyl (C=O) groups excluding carboxylic acids is 1. The summed E-state index contributed by atoms with van der Waals surface area (Å²) >= 11 is 0. The van der Waals surface area contributed by atoms with Gasteiger partial charge in [0, 0.05) is 12.7 Å². The Labute approximate surface area is 104 Å². The lowest BCUT2D eigenvalue weighted by atomic mass is 10.1. The Balaban J connectivity index is 2.27. The molecule has 2 rings (SSSR count). The summed E-state index contributed by atoms with van der Waals surface area (Å²) < 4.78 is 31.9. The van der Waals surface area contributed by atoms with E-state index >= 15 is 0 Å². The number of morpholine rings is 1. The summed E-state index contributed by atoms with van der Waals surface area (Å²) in [5.41, 5.74) is -0.288. The number of hydrogen-bond donors (Lipinski definition) is 0. The Bertz CT molecular complexity index is 467. The lowest BCUT2D eigenvalue weighted by Crippen LogP contribution is -2.50. The number of amides is 1. The van der Waals surface area contributed by atoms with Crippen molar-refractivity contribution in [3.8, 4) is 0 Å². The van der Waals surface area contributed by atoms with Gasteiger partial charge in [-0.3, -0.25) is 4.79 Å². The lowest BCUT2D eigenvalue weighted by molar-refractivity contribution is -0.0388. The third-order valence-corrected chi connectivity index (χ3v) is 2.95. The Kier molecular flexibility index (Phi) is 3.56. The molecular formula is C12H14F2N2O2. The molecular weight excluding hydrogens is 242 g/mol. The van der Waals surface area contributed by atoms with E-state index in [1.807, 2.05) is 6.92 Å². The predicted molar refractivity (Wildman–Crippen MR) is 60.1 cm³/mol. The number of nitrogens with zero attached hydrogens (tertiary/aromatic N) is 2. The zero-order valence-electron chi connectivity index (χ0n) is 10.2. The van der Waals surface area contributed by atoms with Gasteiger partial charge in [-0.15, -0.1) is 0 Å². The van der Waals surface area contributed by atoms with Crippen LogP contribution in [0.2, 0.25) is 0 Å². The zero-order chi connectivity index (χ0) is 13.3. The molecule has 0 aliphatic carbocycles. The molecule has 1 fully saturated rings. The number of carbonyl (C=O) groups is 1. The quantitative estimate of drug-likeness (QED) is 0.717. The van der Waals surface area contributed by atoms with E-state index in [-0.39, 0.29) is 17.7 Å². The van der Waals surface area contributed by atoms with Gasteiger partial charge in [0.1, 0.15) is 0 Å². The second-order valence-electron chi connectivity index (χ2n) is 4.41. The maximum absolute atomic E-state index is 13.5. The fourth-order valence-electron chi connectivity index (χ4n) is 1.92. The van der Waals surface area contributed by atoms with Gasteiger partial charge in [-0.05, 0) is 19.9 Å². The second-order valence-corrected chi connectivity index (χ2v) is 4.41. The summed E-state index contributed by atoms with van der Waals surface area (Å²) in [6.45, 7) is 4.39. The molecule has 1 aliphatic rings. The minimum Gasteiger partial charge on any atom is -0.375 e. The predicted octanol–water partition coefficient (Wildman–Crippen LogP) is 1.61. The molecule has 2 atom stereocenters. The molecule has 1 amide bonds. The highest BCUT2D eigenvalue weighted by Gasteiger charge is 2.30. The van der Waals surface area contributed by atoms with Crippen molar-refractivity contribution < 1.29 is 18.3 Å². The van der Waals surface area contributed by atoms with Gasteiger partial charge in [-0.1, -0.05) is 0 Å². The molecule has 1 aromatic heterocycles. The highest BCUT2D eigenvalue weighted by atomic mass is 19.2. The normalized spacial score (nSPS) is 24.1. The molecule has 0 radical (unpaired) electrons. The number of rotatable bonds is 1. The Morgan fingerprint density at radius 2 is 2.22 bits per heavy atom. The van der Waals surface area contributed by atoms with Gasteiger partial charge in [0.2, 0.25) is 5.95 Å². The summed E-state index contributed by atoms with van der Waals surface area (Å²) in [5, 5.41) is 0. The van der Waals surface area contributed by atoms with E-state index in [4.69, 9.17) is 4.74 Å². The number of aromatic nitrogens is 1. The van der Waals surface area contributed by atoms with Crippen molar-refractivity contribution >= 4 is 5.91 Å². The van der Waals surface area contributed by atoms with Gasteiger partial charge >= 0.3 is 0 Å². The van der Waals surface area contributed by atoms with E-state index in [1.54, 1.807) is 6.92 Å². The van der Waals surface area contributed by atoms with Crippen LogP contribution < -0.4 is 0 Å². The molecule has 1 aromatic rings. The number of halogens is 2. The van der Waals surface area contributed by atoms with E-state index < -0.39 is 17.7 Å². The molecule has 0 bridgehead atoms. The van der Waals surface area contributed by atoms with Gasteiger partial charge in [-0.25, -0.2) is 9.37 Å². The fourth-order valence-corrected chi connectivity index (χ4v) is 1.92. The number of hydrogen-bond acceptors (Lipinski definition) is 3. The maximum Gasteiger partial charge on any atom is 0.257 e. The largest absolute Gasteiger partial charge is 0.375 e. The van der Waals surface area contributed by atoms with Crippen LogP contribution in [0.25, 0.3) is 0 Å². The van der Waals surface area contributed by atoms with Crippen molar-refractivity contribution in [2.75, 3.05) is 13.2 Å². The fraction of sp³-hybridized carbons (Fsp3) is 0.500. The van der Waals surface area contributed by atoms with Gasteiger partial charge in [0.05, 0.1) is 24.3 Å². The molecule has 2 heterocycles. The van der Waals surface area contributed by atoms with Crippen LogP contribution >= 0.6 is 0 Å². The molecule has 0 saturated carbocycles. The molecule has 6 heteroatoms. The summed E-state index contributed by atoms with van der Waals surface area (Å²) in [6, 6.07) is 1.03.